The van der Waals surface area contributed by atoms with E-state index in [1.165, 1.54) is 6.07 Å². The molecule has 1 aromatic carbocycles. The number of nitriles is 1. The summed E-state index contributed by atoms with van der Waals surface area (Å²) in [7, 11) is 1.62. The predicted molar refractivity (Wildman–Crippen MR) is 76.5 cm³/mol. The molecule has 1 rings (SSSR count). The van der Waals surface area contributed by atoms with E-state index in [1.54, 1.807) is 25.3 Å². The van der Waals surface area contributed by atoms with Gasteiger partial charge in [-0.2, -0.15) is 5.26 Å². The fourth-order valence-electron chi connectivity index (χ4n) is 2.32. The second-order valence-corrected chi connectivity index (χ2v) is 4.76. The summed E-state index contributed by atoms with van der Waals surface area (Å²) in [6.07, 6.45) is 0.376. The predicted octanol–water partition coefficient (Wildman–Crippen LogP) is 2.08. The first-order chi connectivity index (χ1) is 9.61. The first-order valence-corrected chi connectivity index (χ1v) is 6.71. The Morgan fingerprint density at radius 3 is 2.65 bits per heavy atom. The van der Waals surface area contributed by atoms with Gasteiger partial charge >= 0.3 is 0 Å². The third-order valence-electron chi connectivity index (χ3n) is 3.21. The maximum absolute atomic E-state index is 14.0. The third-order valence-corrected chi connectivity index (χ3v) is 3.21. The van der Waals surface area contributed by atoms with E-state index < -0.39 is 0 Å². The van der Waals surface area contributed by atoms with Gasteiger partial charge in [-0.15, -0.1) is 0 Å². The summed E-state index contributed by atoms with van der Waals surface area (Å²) in [6, 6.07) is 8.24. The number of ether oxygens (including phenoxy) is 1. The summed E-state index contributed by atoms with van der Waals surface area (Å²) in [5.41, 5.74) is 6.62. The van der Waals surface area contributed by atoms with Crippen molar-refractivity contribution >= 4 is 0 Å². The van der Waals surface area contributed by atoms with Crippen LogP contribution in [0.2, 0.25) is 0 Å². The molecule has 0 bridgehead atoms. The number of hydrogen-bond donors (Lipinski definition) is 1. The van der Waals surface area contributed by atoms with Gasteiger partial charge in [0.15, 0.2) is 0 Å². The number of halogens is 1. The highest BCUT2D eigenvalue weighted by atomic mass is 19.1. The Bertz CT molecular complexity index is 445. The number of hydrogen-bond acceptors (Lipinski definition) is 4. The van der Waals surface area contributed by atoms with Gasteiger partial charge in [-0.1, -0.05) is 18.2 Å². The highest BCUT2D eigenvalue weighted by Gasteiger charge is 2.26. The van der Waals surface area contributed by atoms with Crippen molar-refractivity contribution in [1.29, 1.82) is 5.26 Å². The lowest BCUT2D eigenvalue weighted by molar-refractivity contribution is 0.111. The lowest BCUT2D eigenvalue weighted by Crippen LogP contribution is -2.42. The number of benzene rings is 1. The minimum atomic E-state index is -0.269. The zero-order chi connectivity index (χ0) is 15.0. The molecule has 0 aliphatic carbocycles. The lowest BCUT2D eigenvalue weighted by Gasteiger charge is -2.34. The molecule has 2 unspecified atom stereocenters. The van der Waals surface area contributed by atoms with Gasteiger partial charge in [0, 0.05) is 38.2 Å². The molecule has 0 aliphatic heterocycles. The molecular weight excluding hydrogens is 257 g/mol. The first-order valence-electron chi connectivity index (χ1n) is 6.71. The number of nitrogens with two attached hydrogens (primary N) is 1. The molecule has 0 saturated carbocycles. The number of rotatable bonds is 8. The highest BCUT2D eigenvalue weighted by molar-refractivity contribution is 5.22. The summed E-state index contributed by atoms with van der Waals surface area (Å²) in [5, 5.41) is 8.77. The highest BCUT2D eigenvalue weighted by Crippen LogP contribution is 2.26. The van der Waals surface area contributed by atoms with Crippen molar-refractivity contribution in [1.82, 2.24) is 4.90 Å². The smallest absolute Gasteiger partial charge is 0.128 e. The minimum Gasteiger partial charge on any atom is -0.383 e. The Hall–Kier alpha value is -1.48. The summed E-state index contributed by atoms with van der Waals surface area (Å²) < 4.78 is 19.1. The van der Waals surface area contributed by atoms with Crippen molar-refractivity contribution in [2.75, 3.05) is 26.8 Å². The molecule has 0 aliphatic rings. The van der Waals surface area contributed by atoms with Crippen LogP contribution in [0, 0.1) is 17.1 Å². The third kappa shape index (κ3) is 4.57. The number of methoxy groups -OCH3 is 1. The lowest BCUT2D eigenvalue weighted by atomic mass is 9.98. The molecule has 20 heavy (non-hydrogen) atoms. The molecule has 2 N–H and O–H groups in total. The minimum absolute atomic E-state index is 0.248. The van der Waals surface area contributed by atoms with Crippen LogP contribution in [0.5, 0.6) is 0 Å². The van der Waals surface area contributed by atoms with Gasteiger partial charge in [0.1, 0.15) is 5.82 Å². The van der Waals surface area contributed by atoms with Gasteiger partial charge in [-0.05, 0) is 13.0 Å². The van der Waals surface area contributed by atoms with Crippen LogP contribution in [-0.4, -0.2) is 37.7 Å². The van der Waals surface area contributed by atoms with Crippen LogP contribution in [0.25, 0.3) is 0 Å². The van der Waals surface area contributed by atoms with Gasteiger partial charge < -0.3 is 10.5 Å². The van der Waals surface area contributed by atoms with Crippen molar-refractivity contribution in [3.05, 3.63) is 35.6 Å². The normalized spacial score (nSPS) is 14.0. The van der Waals surface area contributed by atoms with Gasteiger partial charge in [-0.25, -0.2) is 4.39 Å². The van der Waals surface area contributed by atoms with Crippen LogP contribution >= 0.6 is 0 Å². The molecule has 0 amide bonds. The summed E-state index contributed by atoms with van der Waals surface area (Å²) in [6.45, 7) is 3.52. The zero-order valence-corrected chi connectivity index (χ0v) is 12.1. The molecule has 110 valence electrons. The number of nitrogens with zero attached hydrogens (tertiary/aromatic N) is 2. The summed E-state index contributed by atoms with van der Waals surface area (Å²) in [5.74, 6) is -0.269. The molecular formula is C15H22FN3O. The van der Waals surface area contributed by atoms with Crippen molar-refractivity contribution in [2.45, 2.75) is 25.4 Å². The van der Waals surface area contributed by atoms with E-state index in [0.717, 1.165) is 0 Å². The fraction of sp³-hybridized carbons (Fsp3) is 0.533. The average molecular weight is 279 g/mol. The van der Waals surface area contributed by atoms with Crippen molar-refractivity contribution in [2.24, 2.45) is 5.73 Å². The van der Waals surface area contributed by atoms with E-state index in [1.807, 2.05) is 11.8 Å². The molecule has 5 heteroatoms. The van der Waals surface area contributed by atoms with Crippen LogP contribution in [0.3, 0.4) is 0 Å². The van der Waals surface area contributed by atoms with E-state index in [-0.39, 0.29) is 17.9 Å². The monoisotopic (exact) mass is 279 g/mol. The van der Waals surface area contributed by atoms with Gasteiger partial charge in [-0.3, -0.25) is 4.90 Å². The quantitative estimate of drug-likeness (QED) is 0.791. The maximum Gasteiger partial charge on any atom is 0.128 e. The average Bonchev–Trinajstić information content (AvgIpc) is 2.43. The van der Waals surface area contributed by atoms with Crippen LogP contribution in [0.4, 0.5) is 4.39 Å². The maximum atomic E-state index is 14.0. The first kappa shape index (κ1) is 16.6. The van der Waals surface area contributed by atoms with Crippen LogP contribution < -0.4 is 5.73 Å². The van der Waals surface area contributed by atoms with E-state index in [2.05, 4.69) is 6.07 Å². The largest absolute Gasteiger partial charge is 0.383 e. The van der Waals surface area contributed by atoms with E-state index in [4.69, 9.17) is 15.7 Å². The topological polar surface area (TPSA) is 62.3 Å². The van der Waals surface area contributed by atoms with E-state index >= 15 is 0 Å². The molecule has 0 aromatic heterocycles. The second-order valence-electron chi connectivity index (χ2n) is 4.76. The molecule has 0 radical (unpaired) electrons. The van der Waals surface area contributed by atoms with Crippen molar-refractivity contribution in [3.8, 4) is 6.07 Å². The molecule has 2 atom stereocenters. The SMILES string of the molecule is COCCN(CCC#N)C(c1ccccc1F)C(C)N. The van der Waals surface area contributed by atoms with Crippen LogP contribution in [-0.2, 0) is 4.74 Å². The fourth-order valence-corrected chi connectivity index (χ4v) is 2.32. The second kappa shape index (κ2) is 8.64. The van der Waals surface area contributed by atoms with Crippen molar-refractivity contribution in [3.63, 3.8) is 0 Å². The molecule has 0 saturated heterocycles. The van der Waals surface area contributed by atoms with E-state index in [0.29, 0.717) is 31.7 Å². The summed E-state index contributed by atoms with van der Waals surface area (Å²) >= 11 is 0. The molecule has 4 nitrogen and oxygen atoms in total. The standard InChI is InChI=1S/C15H22FN3O/c1-12(18)15(13-6-3-4-7-14(13)16)19(9-5-8-17)10-11-20-2/h3-4,6-7,12,15H,5,9-11,18H2,1-2H3. The van der Waals surface area contributed by atoms with Crippen molar-refractivity contribution < 1.29 is 9.13 Å². The van der Waals surface area contributed by atoms with Crippen LogP contribution in [0.1, 0.15) is 24.9 Å². The summed E-state index contributed by atoms with van der Waals surface area (Å²) in [4.78, 5) is 2.01. The Labute approximate surface area is 119 Å². The Kier molecular flexibility index (Phi) is 7.16. The van der Waals surface area contributed by atoms with Gasteiger partial charge in [0.05, 0.1) is 18.7 Å². The molecule has 0 heterocycles. The molecule has 0 fully saturated rings. The Morgan fingerprint density at radius 1 is 1.40 bits per heavy atom. The van der Waals surface area contributed by atoms with Gasteiger partial charge in [0.25, 0.3) is 0 Å². The Morgan fingerprint density at radius 2 is 2.10 bits per heavy atom. The Balaban J connectivity index is 3.01. The molecule has 0 spiro atoms. The zero-order valence-electron chi connectivity index (χ0n) is 12.1. The molecule has 1 aromatic rings. The van der Waals surface area contributed by atoms with Crippen LogP contribution in [0.15, 0.2) is 24.3 Å². The van der Waals surface area contributed by atoms with E-state index in [9.17, 15) is 4.39 Å². The van der Waals surface area contributed by atoms with Gasteiger partial charge in [0.2, 0.25) is 0 Å².